The van der Waals surface area contributed by atoms with Crippen molar-refractivity contribution in [2.45, 2.75) is 57.6 Å². The Morgan fingerprint density at radius 1 is 0.923 bits per heavy atom. The first-order valence-electron chi connectivity index (χ1n) is 12.9. The second-order valence-electron chi connectivity index (χ2n) is 9.38. The molecule has 0 bridgehead atoms. The van der Waals surface area contributed by atoms with Gasteiger partial charge in [0.25, 0.3) is 11.8 Å². The van der Waals surface area contributed by atoms with Crippen LogP contribution in [0.3, 0.4) is 0 Å². The molecule has 6 amide bonds. The highest BCUT2D eigenvalue weighted by Crippen LogP contribution is 2.32. The molecule has 2 aromatic carbocycles. The lowest BCUT2D eigenvalue weighted by Gasteiger charge is -2.27. The van der Waals surface area contributed by atoms with E-state index in [4.69, 9.17) is 4.74 Å². The maximum Gasteiger partial charge on any atom is 0.407 e. The van der Waals surface area contributed by atoms with E-state index in [9.17, 15) is 28.8 Å². The molecule has 0 radical (unpaired) electrons. The van der Waals surface area contributed by atoms with Crippen molar-refractivity contribution in [2.75, 3.05) is 11.9 Å². The highest BCUT2D eigenvalue weighted by molar-refractivity contribution is 6.26. The van der Waals surface area contributed by atoms with Crippen LogP contribution >= 0.6 is 0 Å². The molecular formula is C28H30N4O7. The lowest BCUT2D eigenvalue weighted by molar-refractivity contribution is -0.136. The Morgan fingerprint density at radius 3 is 2.46 bits per heavy atom. The SMILES string of the molecule is O=C1CCC(N2C(=O)c3cccc(NC(=O)CCCCCCNC(=O)OCc4ccccc4)c3C2=O)C(=O)N1. The molecule has 1 saturated heterocycles. The molecular weight excluding hydrogens is 504 g/mol. The smallest absolute Gasteiger partial charge is 0.407 e. The average Bonchev–Trinajstić information content (AvgIpc) is 3.18. The number of nitrogens with zero attached hydrogens (tertiary/aromatic N) is 1. The lowest BCUT2D eigenvalue weighted by atomic mass is 10.0. The van der Waals surface area contributed by atoms with Crippen molar-refractivity contribution >= 4 is 41.3 Å². The maximum atomic E-state index is 13.1. The van der Waals surface area contributed by atoms with Crippen molar-refractivity contribution in [3.05, 3.63) is 65.2 Å². The molecule has 0 aromatic heterocycles. The molecule has 0 spiro atoms. The number of ether oxygens (including phenoxy) is 1. The molecule has 11 heteroatoms. The summed E-state index contributed by atoms with van der Waals surface area (Å²) in [5.74, 6) is -2.73. The number of amides is 6. The molecule has 2 aliphatic heterocycles. The van der Waals surface area contributed by atoms with E-state index in [2.05, 4.69) is 16.0 Å². The van der Waals surface area contributed by atoms with Crippen LogP contribution in [0.15, 0.2) is 48.5 Å². The van der Waals surface area contributed by atoms with E-state index in [1.54, 1.807) is 12.1 Å². The quantitative estimate of drug-likeness (QED) is 0.296. The summed E-state index contributed by atoms with van der Waals surface area (Å²) in [5.41, 5.74) is 1.28. The number of unbranched alkanes of at least 4 members (excludes halogenated alkanes) is 3. The molecule has 4 rings (SSSR count). The van der Waals surface area contributed by atoms with Gasteiger partial charge in [0.15, 0.2) is 0 Å². The van der Waals surface area contributed by atoms with Crippen LogP contribution < -0.4 is 16.0 Å². The van der Waals surface area contributed by atoms with Gasteiger partial charge in [-0.15, -0.1) is 0 Å². The molecule has 2 aliphatic rings. The van der Waals surface area contributed by atoms with Crippen LogP contribution in [-0.2, 0) is 25.7 Å². The highest BCUT2D eigenvalue weighted by Gasteiger charge is 2.45. The Balaban J connectivity index is 1.18. The van der Waals surface area contributed by atoms with Crippen molar-refractivity contribution in [1.82, 2.24) is 15.5 Å². The standard InChI is InChI=1S/C28H30N4O7/c33-22(13-6-1-2-7-16-29-28(38)39-17-18-9-4-3-5-10-18)30-20-12-8-11-19-24(20)27(37)32(26(19)36)21-14-15-23(34)31-25(21)35/h3-5,8-12,21H,1-2,6-7,13-17H2,(H,29,38)(H,30,33)(H,31,34,35). The van der Waals surface area contributed by atoms with Crippen LogP contribution in [0.5, 0.6) is 0 Å². The summed E-state index contributed by atoms with van der Waals surface area (Å²) in [6.45, 7) is 0.677. The minimum atomic E-state index is -1.07. The number of rotatable bonds is 11. The molecule has 3 N–H and O–H groups in total. The van der Waals surface area contributed by atoms with Crippen molar-refractivity contribution < 1.29 is 33.5 Å². The molecule has 2 aromatic rings. The van der Waals surface area contributed by atoms with E-state index in [0.717, 1.165) is 29.7 Å². The van der Waals surface area contributed by atoms with E-state index in [1.165, 1.54) is 6.07 Å². The number of hydrogen-bond donors (Lipinski definition) is 3. The van der Waals surface area contributed by atoms with Gasteiger partial charge in [0.2, 0.25) is 17.7 Å². The molecule has 11 nitrogen and oxygen atoms in total. The maximum absolute atomic E-state index is 13.1. The first kappa shape index (κ1) is 27.5. The first-order valence-corrected chi connectivity index (χ1v) is 12.9. The van der Waals surface area contributed by atoms with E-state index in [-0.39, 0.29) is 48.6 Å². The summed E-state index contributed by atoms with van der Waals surface area (Å²) in [4.78, 5) is 74.9. The largest absolute Gasteiger partial charge is 0.445 e. The molecule has 1 unspecified atom stereocenters. The number of carbonyl (C=O) groups is 6. The normalized spacial score (nSPS) is 16.5. The number of piperidine rings is 1. The van der Waals surface area contributed by atoms with Gasteiger partial charge in [-0.2, -0.15) is 0 Å². The lowest BCUT2D eigenvalue weighted by Crippen LogP contribution is -2.54. The molecule has 1 fully saturated rings. The van der Waals surface area contributed by atoms with Gasteiger partial charge in [-0.25, -0.2) is 4.79 Å². The van der Waals surface area contributed by atoms with E-state index in [1.807, 2.05) is 30.3 Å². The average molecular weight is 535 g/mol. The zero-order chi connectivity index (χ0) is 27.8. The topological polar surface area (TPSA) is 151 Å². The Kier molecular flexibility index (Phi) is 9.03. The van der Waals surface area contributed by atoms with Crippen LogP contribution in [0.4, 0.5) is 10.5 Å². The summed E-state index contributed by atoms with van der Waals surface area (Å²) >= 11 is 0. The number of carbonyl (C=O) groups excluding carboxylic acids is 6. The van der Waals surface area contributed by atoms with Crippen LogP contribution in [0.2, 0.25) is 0 Å². The van der Waals surface area contributed by atoms with Crippen LogP contribution in [0.25, 0.3) is 0 Å². The van der Waals surface area contributed by atoms with Crippen molar-refractivity contribution in [1.29, 1.82) is 0 Å². The van der Waals surface area contributed by atoms with Gasteiger partial charge in [-0.1, -0.05) is 49.2 Å². The van der Waals surface area contributed by atoms with E-state index in [0.29, 0.717) is 13.0 Å². The number of nitrogens with one attached hydrogen (secondary N) is 3. The van der Waals surface area contributed by atoms with Gasteiger partial charge >= 0.3 is 6.09 Å². The molecule has 204 valence electrons. The number of benzene rings is 2. The Morgan fingerprint density at radius 2 is 1.69 bits per heavy atom. The fourth-order valence-electron chi connectivity index (χ4n) is 4.56. The second-order valence-corrected chi connectivity index (χ2v) is 9.38. The number of hydrogen-bond acceptors (Lipinski definition) is 7. The van der Waals surface area contributed by atoms with Gasteiger partial charge in [-0.05, 0) is 37.0 Å². The number of fused-ring (bicyclic) bond motifs is 1. The second kappa shape index (κ2) is 12.8. The molecule has 0 aliphatic carbocycles. The Hall–Kier alpha value is -4.54. The third kappa shape index (κ3) is 6.86. The number of alkyl carbamates (subject to hydrolysis) is 1. The highest BCUT2D eigenvalue weighted by atomic mass is 16.5. The zero-order valence-corrected chi connectivity index (χ0v) is 21.4. The first-order chi connectivity index (χ1) is 18.8. The summed E-state index contributed by atoms with van der Waals surface area (Å²) < 4.78 is 5.16. The fraction of sp³-hybridized carbons (Fsp3) is 0.357. The summed E-state index contributed by atoms with van der Waals surface area (Å²) in [6.07, 6.45) is 2.75. The van der Waals surface area contributed by atoms with Crippen molar-refractivity contribution in [2.24, 2.45) is 0 Å². The molecule has 0 saturated carbocycles. The van der Waals surface area contributed by atoms with Gasteiger partial charge in [0, 0.05) is 19.4 Å². The summed E-state index contributed by atoms with van der Waals surface area (Å²) in [7, 11) is 0. The molecule has 2 heterocycles. The molecule has 1 atom stereocenters. The third-order valence-electron chi connectivity index (χ3n) is 6.55. The Bertz CT molecular complexity index is 1280. The van der Waals surface area contributed by atoms with Crippen LogP contribution in [-0.4, -0.2) is 53.1 Å². The fourth-order valence-corrected chi connectivity index (χ4v) is 4.56. The predicted octanol–water partition coefficient (Wildman–Crippen LogP) is 2.90. The Labute approximate surface area is 225 Å². The van der Waals surface area contributed by atoms with Crippen LogP contribution in [0, 0.1) is 0 Å². The van der Waals surface area contributed by atoms with Gasteiger partial charge in [0.1, 0.15) is 12.6 Å². The summed E-state index contributed by atoms with van der Waals surface area (Å²) in [6, 6.07) is 12.9. The zero-order valence-electron chi connectivity index (χ0n) is 21.4. The monoisotopic (exact) mass is 534 g/mol. The van der Waals surface area contributed by atoms with Crippen LogP contribution in [0.1, 0.15) is 71.2 Å². The van der Waals surface area contributed by atoms with Crippen molar-refractivity contribution in [3.63, 3.8) is 0 Å². The minimum absolute atomic E-state index is 0.0296. The minimum Gasteiger partial charge on any atom is -0.445 e. The van der Waals surface area contributed by atoms with Gasteiger partial charge < -0.3 is 15.4 Å². The summed E-state index contributed by atoms with van der Waals surface area (Å²) in [5, 5.41) is 7.58. The number of imide groups is 2. The van der Waals surface area contributed by atoms with E-state index < -0.39 is 35.8 Å². The van der Waals surface area contributed by atoms with Gasteiger partial charge in [-0.3, -0.25) is 34.2 Å². The predicted molar refractivity (Wildman–Crippen MR) is 139 cm³/mol. The van der Waals surface area contributed by atoms with Crippen molar-refractivity contribution in [3.8, 4) is 0 Å². The molecule has 39 heavy (non-hydrogen) atoms. The third-order valence-corrected chi connectivity index (χ3v) is 6.55. The number of anilines is 1. The van der Waals surface area contributed by atoms with Gasteiger partial charge in [0.05, 0.1) is 16.8 Å². The van der Waals surface area contributed by atoms with E-state index >= 15 is 0 Å².